The number of anilines is 2. The van der Waals surface area contributed by atoms with Crippen LogP contribution in [0.5, 0.6) is 0 Å². The Kier molecular flexibility index (Phi) is 5.80. The number of amides is 1. The highest BCUT2D eigenvalue weighted by Gasteiger charge is 2.13. The van der Waals surface area contributed by atoms with Gasteiger partial charge in [0.25, 0.3) is 0 Å². The number of pyridine rings is 1. The normalized spacial score (nSPS) is 11.0. The van der Waals surface area contributed by atoms with Crippen LogP contribution in [0.2, 0.25) is 0 Å². The molecule has 2 heterocycles. The van der Waals surface area contributed by atoms with Gasteiger partial charge < -0.3 is 15.2 Å². The van der Waals surface area contributed by atoms with Crippen LogP contribution in [0.15, 0.2) is 79.1 Å². The molecule has 0 aliphatic rings. The molecule has 1 amide bonds. The Bertz CT molecular complexity index is 1120. The third-order valence-corrected chi connectivity index (χ3v) is 5.17. The molecule has 0 atom stereocenters. The third kappa shape index (κ3) is 4.51. The van der Waals surface area contributed by atoms with E-state index >= 15 is 0 Å². The second kappa shape index (κ2) is 8.82. The van der Waals surface area contributed by atoms with Crippen LogP contribution in [0.3, 0.4) is 0 Å². The molecule has 4 rings (SSSR count). The SMILES string of the molecule is CC(C)N(Cc1ccccc1)c1ccc(NC(=O)Cc2c[nH]c3ccccc23)cn1. The molecule has 2 aromatic carbocycles. The maximum atomic E-state index is 12.5. The molecule has 2 N–H and O–H groups in total. The lowest BCUT2D eigenvalue weighted by Gasteiger charge is -2.28. The highest BCUT2D eigenvalue weighted by atomic mass is 16.1. The molecule has 4 aromatic rings. The zero-order valence-corrected chi connectivity index (χ0v) is 17.3. The van der Waals surface area contributed by atoms with Crippen LogP contribution in [0.1, 0.15) is 25.0 Å². The van der Waals surface area contributed by atoms with Crippen molar-refractivity contribution in [3.05, 3.63) is 90.3 Å². The summed E-state index contributed by atoms with van der Waals surface area (Å²) in [7, 11) is 0. The summed E-state index contributed by atoms with van der Waals surface area (Å²) in [4.78, 5) is 22.6. The van der Waals surface area contributed by atoms with Crippen LogP contribution >= 0.6 is 0 Å². The van der Waals surface area contributed by atoms with Gasteiger partial charge in [0.2, 0.25) is 5.91 Å². The third-order valence-electron chi connectivity index (χ3n) is 5.17. The molecule has 0 saturated carbocycles. The molecule has 152 valence electrons. The van der Waals surface area contributed by atoms with Crippen LogP contribution in [0.25, 0.3) is 10.9 Å². The molecule has 5 heteroatoms. The lowest BCUT2D eigenvalue weighted by atomic mass is 10.1. The number of fused-ring (bicyclic) bond motifs is 1. The maximum absolute atomic E-state index is 12.5. The highest BCUT2D eigenvalue weighted by Crippen LogP contribution is 2.21. The first-order valence-electron chi connectivity index (χ1n) is 10.2. The van der Waals surface area contributed by atoms with Crippen molar-refractivity contribution in [1.29, 1.82) is 0 Å². The number of carbonyl (C=O) groups is 1. The van der Waals surface area contributed by atoms with E-state index in [0.717, 1.165) is 28.8 Å². The van der Waals surface area contributed by atoms with Gasteiger partial charge >= 0.3 is 0 Å². The zero-order valence-electron chi connectivity index (χ0n) is 17.3. The monoisotopic (exact) mass is 398 g/mol. The van der Waals surface area contributed by atoms with E-state index in [2.05, 4.69) is 46.2 Å². The van der Waals surface area contributed by atoms with Crippen LogP contribution < -0.4 is 10.2 Å². The van der Waals surface area contributed by atoms with Crippen LogP contribution in [0.4, 0.5) is 11.5 Å². The van der Waals surface area contributed by atoms with E-state index < -0.39 is 0 Å². The number of aromatic amines is 1. The second-order valence-electron chi connectivity index (χ2n) is 7.70. The number of aromatic nitrogens is 2. The van der Waals surface area contributed by atoms with Crippen molar-refractivity contribution in [2.45, 2.75) is 32.9 Å². The predicted octanol–water partition coefficient (Wildman–Crippen LogP) is 5.16. The van der Waals surface area contributed by atoms with Crippen molar-refractivity contribution in [2.24, 2.45) is 0 Å². The van der Waals surface area contributed by atoms with Crippen molar-refractivity contribution in [1.82, 2.24) is 9.97 Å². The Morgan fingerprint density at radius 1 is 1.03 bits per heavy atom. The topological polar surface area (TPSA) is 61.0 Å². The Balaban J connectivity index is 1.42. The van der Waals surface area contributed by atoms with Gasteiger partial charge in [-0.15, -0.1) is 0 Å². The number of hydrogen-bond acceptors (Lipinski definition) is 3. The number of para-hydroxylation sites is 1. The van der Waals surface area contributed by atoms with Gasteiger partial charge in [-0.1, -0.05) is 48.5 Å². The molecule has 0 saturated heterocycles. The van der Waals surface area contributed by atoms with Gasteiger partial charge in [0, 0.05) is 29.7 Å². The summed E-state index contributed by atoms with van der Waals surface area (Å²) in [6.45, 7) is 5.10. The number of H-pyrrole nitrogens is 1. The highest BCUT2D eigenvalue weighted by molar-refractivity contribution is 5.95. The summed E-state index contributed by atoms with van der Waals surface area (Å²) in [6.07, 6.45) is 3.94. The van der Waals surface area contributed by atoms with E-state index in [0.29, 0.717) is 18.2 Å². The van der Waals surface area contributed by atoms with Crippen molar-refractivity contribution >= 4 is 28.3 Å². The van der Waals surface area contributed by atoms with Gasteiger partial charge in [0.1, 0.15) is 5.82 Å². The van der Waals surface area contributed by atoms with Crippen molar-refractivity contribution in [3.8, 4) is 0 Å². The van der Waals surface area contributed by atoms with Gasteiger partial charge in [-0.05, 0) is 43.2 Å². The van der Waals surface area contributed by atoms with Crippen LogP contribution in [-0.2, 0) is 17.8 Å². The zero-order chi connectivity index (χ0) is 20.9. The minimum atomic E-state index is -0.0562. The number of benzene rings is 2. The molecule has 0 fully saturated rings. The summed E-state index contributed by atoms with van der Waals surface area (Å²) >= 11 is 0. The summed E-state index contributed by atoms with van der Waals surface area (Å²) in [6, 6.07) is 22.5. The van der Waals surface area contributed by atoms with Gasteiger partial charge in [-0.25, -0.2) is 4.98 Å². The van der Waals surface area contributed by atoms with E-state index in [-0.39, 0.29) is 5.91 Å². The smallest absolute Gasteiger partial charge is 0.228 e. The Morgan fingerprint density at radius 2 is 1.80 bits per heavy atom. The minimum Gasteiger partial charge on any atom is -0.361 e. The van der Waals surface area contributed by atoms with Gasteiger partial charge in [0.05, 0.1) is 18.3 Å². The number of nitrogens with one attached hydrogen (secondary N) is 2. The fourth-order valence-electron chi connectivity index (χ4n) is 3.59. The first kappa shape index (κ1) is 19.7. The summed E-state index contributed by atoms with van der Waals surface area (Å²) in [5.74, 6) is 0.836. The molecule has 0 bridgehead atoms. The van der Waals surface area contributed by atoms with E-state index in [4.69, 9.17) is 0 Å². The van der Waals surface area contributed by atoms with Crippen LogP contribution in [-0.4, -0.2) is 21.9 Å². The number of hydrogen-bond donors (Lipinski definition) is 2. The lowest BCUT2D eigenvalue weighted by molar-refractivity contribution is -0.115. The molecular formula is C25H26N4O. The van der Waals surface area contributed by atoms with Gasteiger partial charge in [-0.3, -0.25) is 4.79 Å². The number of nitrogens with zero attached hydrogens (tertiary/aromatic N) is 2. The molecule has 0 aliphatic heterocycles. The molecule has 2 aromatic heterocycles. The fraction of sp³-hybridized carbons (Fsp3) is 0.200. The second-order valence-corrected chi connectivity index (χ2v) is 7.70. The number of carbonyl (C=O) groups excluding carboxylic acids is 1. The van der Waals surface area contributed by atoms with Crippen molar-refractivity contribution in [2.75, 3.05) is 10.2 Å². The Labute approximate surface area is 176 Å². The fourth-order valence-corrected chi connectivity index (χ4v) is 3.59. The largest absolute Gasteiger partial charge is 0.361 e. The summed E-state index contributed by atoms with van der Waals surface area (Å²) < 4.78 is 0. The first-order chi connectivity index (χ1) is 14.6. The molecule has 0 unspecified atom stereocenters. The Hall–Kier alpha value is -3.60. The van der Waals surface area contributed by atoms with Gasteiger partial charge in [-0.2, -0.15) is 0 Å². The first-order valence-corrected chi connectivity index (χ1v) is 10.2. The van der Waals surface area contributed by atoms with Crippen molar-refractivity contribution in [3.63, 3.8) is 0 Å². The number of rotatable bonds is 7. The summed E-state index contributed by atoms with van der Waals surface area (Å²) in [5, 5.41) is 4.03. The average molecular weight is 399 g/mol. The van der Waals surface area contributed by atoms with E-state index in [1.807, 2.05) is 60.8 Å². The molecule has 0 spiro atoms. The standard InChI is InChI=1S/C25H26N4O/c1-18(2)29(17-19-8-4-3-5-9-19)24-13-12-21(16-27-24)28-25(30)14-20-15-26-23-11-7-6-10-22(20)23/h3-13,15-16,18,26H,14,17H2,1-2H3,(H,28,30). The lowest BCUT2D eigenvalue weighted by Crippen LogP contribution is -2.30. The van der Waals surface area contributed by atoms with E-state index in [1.54, 1.807) is 6.20 Å². The van der Waals surface area contributed by atoms with Gasteiger partial charge in [0.15, 0.2) is 0 Å². The summed E-state index contributed by atoms with van der Waals surface area (Å²) in [5.41, 5.74) is 3.97. The predicted molar refractivity (Wildman–Crippen MR) is 123 cm³/mol. The van der Waals surface area contributed by atoms with Crippen LogP contribution in [0, 0.1) is 0 Å². The molecule has 0 radical (unpaired) electrons. The molecular weight excluding hydrogens is 372 g/mol. The van der Waals surface area contributed by atoms with E-state index in [9.17, 15) is 4.79 Å². The van der Waals surface area contributed by atoms with E-state index in [1.165, 1.54) is 5.56 Å². The molecule has 5 nitrogen and oxygen atoms in total. The average Bonchev–Trinajstić information content (AvgIpc) is 3.16. The maximum Gasteiger partial charge on any atom is 0.228 e. The van der Waals surface area contributed by atoms with Crippen molar-refractivity contribution < 1.29 is 4.79 Å². The molecule has 30 heavy (non-hydrogen) atoms. The quantitative estimate of drug-likeness (QED) is 0.452. The Morgan fingerprint density at radius 3 is 2.53 bits per heavy atom. The minimum absolute atomic E-state index is 0.0562. The molecule has 0 aliphatic carbocycles.